The van der Waals surface area contributed by atoms with Crippen LogP contribution in [0, 0.1) is 5.41 Å². The molecule has 0 saturated heterocycles. The predicted molar refractivity (Wildman–Crippen MR) is 66.7 cm³/mol. The van der Waals surface area contributed by atoms with Gasteiger partial charge in [0.05, 0.1) is 5.41 Å². The van der Waals surface area contributed by atoms with E-state index in [0.29, 0.717) is 19.4 Å². The van der Waals surface area contributed by atoms with Crippen LogP contribution in [0.1, 0.15) is 31.6 Å². The van der Waals surface area contributed by atoms with E-state index in [2.05, 4.69) is 11.4 Å². The monoisotopic (exact) mass is 241 g/mol. The number of nitrogens with one attached hydrogen (secondary N) is 1. The highest BCUT2D eigenvalue weighted by atomic mass is 32.1. The minimum Gasteiger partial charge on any atom is -0.481 e. The zero-order valence-corrected chi connectivity index (χ0v) is 10.6. The van der Waals surface area contributed by atoms with E-state index in [9.17, 15) is 9.90 Å². The maximum absolute atomic E-state index is 11.2. The first-order valence-corrected chi connectivity index (χ1v) is 6.49. The molecule has 0 aromatic carbocycles. The van der Waals surface area contributed by atoms with Gasteiger partial charge in [-0.3, -0.25) is 4.79 Å². The molecule has 0 aliphatic rings. The number of rotatable bonds is 7. The number of thiophene rings is 1. The lowest BCUT2D eigenvalue weighted by molar-refractivity contribution is -0.149. The molecule has 16 heavy (non-hydrogen) atoms. The third kappa shape index (κ3) is 3.06. The summed E-state index contributed by atoms with van der Waals surface area (Å²) in [4.78, 5) is 12.5. The zero-order valence-electron chi connectivity index (χ0n) is 9.82. The van der Waals surface area contributed by atoms with E-state index in [1.807, 2.05) is 25.3 Å². The molecular formula is C12H19NO2S. The summed E-state index contributed by atoms with van der Waals surface area (Å²) in [6.07, 6.45) is 1.33. The summed E-state index contributed by atoms with van der Waals surface area (Å²) in [6, 6.07) is 4.06. The van der Waals surface area contributed by atoms with Crippen LogP contribution in [0.5, 0.6) is 0 Å². The average Bonchev–Trinajstić information content (AvgIpc) is 2.77. The molecular weight excluding hydrogens is 222 g/mol. The molecule has 3 nitrogen and oxygen atoms in total. The molecule has 1 heterocycles. The zero-order chi connectivity index (χ0) is 12.0. The van der Waals surface area contributed by atoms with Crippen LogP contribution in [0.2, 0.25) is 0 Å². The van der Waals surface area contributed by atoms with Gasteiger partial charge in [-0.1, -0.05) is 19.9 Å². The van der Waals surface area contributed by atoms with Crippen LogP contribution in [0.4, 0.5) is 0 Å². The molecule has 0 unspecified atom stereocenters. The van der Waals surface area contributed by atoms with Gasteiger partial charge in [0.1, 0.15) is 0 Å². The van der Waals surface area contributed by atoms with Crippen molar-refractivity contribution in [2.45, 2.75) is 33.2 Å². The van der Waals surface area contributed by atoms with E-state index >= 15 is 0 Å². The number of carboxylic acid groups (broad SMARTS) is 1. The van der Waals surface area contributed by atoms with E-state index in [1.54, 1.807) is 11.3 Å². The molecule has 1 aromatic heterocycles. The van der Waals surface area contributed by atoms with Crippen molar-refractivity contribution in [1.82, 2.24) is 5.32 Å². The Balaban J connectivity index is 2.47. The summed E-state index contributed by atoms with van der Waals surface area (Å²) in [5.41, 5.74) is -0.614. The first kappa shape index (κ1) is 13.2. The van der Waals surface area contributed by atoms with Crippen molar-refractivity contribution in [2.24, 2.45) is 5.41 Å². The largest absolute Gasteiger partial charge is 0.481 e. The highest BCUT2D eigenvalue weighted by Gasteiger charge is 2.34. The summed E-state index contributed by atoms with van der Waals surface area (Å²) >= 11 is 1.69. The Hall–Kier alpha value is -0.870. The molecule has 0 aliphatic heterocycles. The maximum Gasteiger partial charge on any atom is 0.310 e. The Kier molecular flexibility index (Phi) is 4.96. The summed E-state index contributed by atoms with van der Waals surface area (Å²) < 4.78 is 0. The normalized spacial score (nSPS) is 11.6. The molecule has 0 amide bonds. The summed E-state index contributed by atoms with van der Waals surface area (Å²) in [6.45, 7) is 5.16. The predicted octanol–water partition coefficient (Wildman–Crippen LogP) is 2.73. The van der Waals surface area contributed by atoms with E-state index < -0.39 is 11.4 Å². The minimum atomic E-state index is -0.698. The van der Waals surface area contributed by atoms with Crippen LogP contribution < -0.4 is 5.32 Å². The Morgan fingerprint density at radius 2 is 2.19 bits per heavy atom. The standard InChI is InChI=1S/C12H19NO2S/c1-3-12(4-2,11(14)15)9-13-8-10-6-5-7-16-10/h5-7,13H,3-4,8-9H2,1-2H3,(H,14,15). The van der Waals surface area contributed by atoms with Gasteiger partial charge in [-0.05, 0) is 24.3 Å². The van der Waals surface area contributed by atoms with Crippen molar-refractivity contribution in [3.8, 4) is 0 Å². The van der Waals surface area contributed by atoms with E-state index in [-0.39, 0.29) is 0 Å². The highest BCUT2D eigenvalue weighted by Crippen LogP contribution is 2.25. The van der Waals surface area contributed by atoms with Crippen molar-refractivity contribution in [2.75, 3.05) is 6.54 Å². The molecule has 0 atom stereocenters. The van der Waals surface area contributed by atoms with Crippen molar-refractivity contribution in [3.05, 3.63) is 22.4 Å². The number of carboxylic acids is 1. The quantitative estimate of drug-likeness (QED) is 0.771. The fraction of sp³-hybridized carbons (Fsp3) is 0.583. The average molecular weight is 241 g/mol. The fourth-order valence-corrected chi connectivity index (χ4v) is 2.39. The minimum absolute atomic E-state index is 0.535. The number of carbonyl (C=O) groups is 1. The molecule has 0 saturated carbocycles. The van der Waals surface area contributed by atoms with Crippen LogP contribution in [0.25, 0.3) is 0 Å². The van der Waals surface area contributed by atoms with Gasteiger partial charge in [-0.15, -0.1) is 11.3 Å². The van der Waals surface area contributed by atoms with E-state index in [1.165, 1.54) is 4.88 Å². The van der Waals surface area contributed by atoms with Crippen molar-refractivity contribution >= 4 is 17.3 Å². The fourth-order valence-electron chi connectivity index (χ4n) is 1.72. The molecule has 0 radical (unpaired) electrons. The summed E-state index contributed by atoms with van der Waals surface area (Å²) in [5, 5.41) is 14.5. The maximum atomic E-state index is 11.2. The number of aliphatic carboxylic acids is 1. The summed E-state index contributed by atoms with van der Waals surface area (Å²) in [7, 11) is 0. The van der Waals surface area contributed by atoms with Crippen LogP contribution in [0.15, 0.2) is 17.5 Å². The van der Waals surface area contributed by atoms with Crippen molar-refractivity contribution in [1.29, 1.82) is 0 Å². The van der Waals surface area contributed by atoms with Gasteiger partial charge >= 0.3 is 5.97 Å². The molecule has 90 valence electrons. The highest BCUT2D eigenvalue weighted by molar-refractivity contribution is 7.09. The second kappa shape index (κ2) is 6.01. The third-order valence-electron chi connectivity index (χ3n) is 3.15. The van der Waals surface area contributed by atoms with Crippen molar-refractivity contribution in [3.63, 3.8) is 0 Å². The van der Waals surface area contributed by atoms with Crippen LogP contribution in [-0.4, -0.2) is 17.6 Å². The van der Waals surface area contributed by atoms with Gasteiger partial charge in [0.25, 0.3) is 0 Å². The van der Waals surface area contributed by atoms with Crippen LogP contribution in [0.3, 0.4) is 0 Å². The summed E-state index contributed by atoms with van der Waals surface area (Å²) in [5.74, 6) is -0.698. The molecule has 1 aromatic rings. The van der Waals surface area contributed by atoms with E-state index in [0.717, 1.165) is 6.54 Å². The van der Waals surface area contributed by atoms with Crippen LogP contribution in [-0.2, 0) is 11.3 Å². The molecule has 0 aliphatic carbocycles. The number of hydrogen-bond acceptors (Lipinski definition) is 3. The van der Waals surface area contributed by atoms with Gasteiger partial charge in [-0.2, -0.15) is 0 Å². The lowest BCUT2D eigenvalue weighted by atomic mass is 9.82. The Bertz CT molecular complexity index is 318. The molecule has 2 N–H and O–H groups in total. The third-order valence-corrected chi connectivity index (χ3v) is 4.03. The van der Waals surface area contributed by atoms with Gasteiger partial charge in [0.15, 0.2) is 0 Å². The molecule has 0 fully saturated rings. The Morgan fingerprint density at radius 1 is 1.50 bits per heavy atom. The van der Waals surface area contributed by atoms with Gasteiger partial charge < -0.3 is 10.4 Å². The van der Waals surface area contributed by atoms with E-state index in [4.69, 9.17) is 0 Å². The smallest absolute Gasteiger partial charge is 0.310 e. The van der Waals surface area contributed by atoms with Gasteiger partial charge in [0, 0.05) is 18.0 Å². The lowest BCUT2D eigenvalue weighted by Gasteiger charge is -2.26. The molecule has 0 bridgehead atoms. The van der Waals surface area contributed by atoms with Crippen LogP contribution >= 0.6 is 11.3 Å². The second-order valence-corrected chi connectivity index (χ2v) is 5.01. The van der Waals surface area contributed by atoms with Gasteiger partial charge in [0.2, 0.25) is 0 Å². The topological polar surface area (TPSA) is 49.3 Å². The Morgan fingerprint density at radius 3 is 2.62 bits per heavy atom. The molecule has 4 heteroatoms. The SMILES string of the molecule is CCC(CC)(CNCc1cccs1)C(=O)O. The van der Waals surface area contributed by atoms with Gasteiger partial charge in [-0.25, -0.2) is 0 Å². The Labute approximate surface area is 100 Å². The first-order valence-electron chi connectivity index (χ1n) is 5.61. The lowest BCUT2D eigenvalue weighted by Crippen LogP contribution is -2.39. The molecule has 1 rings (SSSR count). The van der Waals surface area contributed by atoms with Crippen molar-refractivity contribution < 1.29 is 9.90 Å². The first-order chi connectivity index (χ1) is 7.64. The number of hydrogen-bond donors (Lipinski definition) is 2. The molecule has 0 spiro atoms. The second-order valence-electron chi connectivity index (χ2n) is 3.98.